The van der Waals surface area contributed by atoms with Crippen molar-refractivity contribution in [1.82, 2.24) is 15.3 Å². The number of hydrogen-bond acceptors (Lipinski definition) is 6. The number of carbonyl (C=O) groups excluding carboxylic acids is 1. The molecule has 1 aliphatic carbocycles. The molecule has 128 valence electrons. The van der Waals surface area contributed by atoms with Crippen LogP contribution in [0.1, 0.15) is 12.0 Å². The molecule has 5 rings (SSSR count). The maximum atomic E-state index is 12.6. The van der Waals surface area contributed by atoms with Crippen molar-refractivity contribution in [3.05, 3.63) is 35.5 Å². The number of cyclic esters (lactones) is 1. The lowest BCUT2D eigenvalue weighted by atomic mass is 10.0. The summed E-state index contributed by atoms with van der Waals surface area (Å²) in [6.07, 6.45) is 4.58. The minimum Gasteiger partial charge on any atom is -0.481 e. The number of hydrogen-bond donors (Lipinski definition) is 1. The Labute approximate surface area is 144 Å². The number of pyridine rings is 2. The van der Waals surface area contributed by atoms with Crippen LogP contribution in [0.4, 0.5) is 10.5 Å². The molecule has 2 aliphatic heterocycles. The Morgan fingerprint density at radius 1 is 1.40 bits per heavy atom. The number of rotatable bonds is 2. The number of aromatic nitrogens is 2. The lowest BCUT2D eigenvalue weighted by Crippen LogP contribution is -2.43. The fraction of sp³-hybridized carbons (Fsp3) is 0.389. The van der Waals surface area contributed by atoms with E-state index in [9.17, 15) is 4.79 Å². The van der Waals surface area contributed by atoms with E-state index in [4.69, 9.17) is 9.47 Å². The number of carbonyl (C=O) groups is 1. The predicted octanol–water partition coefficient (Wildman–Crippen LogP) is 2.01. The van der Waals surface area contributed by atoms with Crippen LogP contribution in [0.3, 0.4) is 0 Å². The van der Waals surface area contributed by atoms with E-state index in [2.05, 4.69) is 21.4 Å². The molecule has 3 aliphatic rings. The van der Waals surface area contributed by atoms with Crippen LogP contribution in [0.15, 0.2) is 30.0 Å². The van der Waals surface area contributed by atoms with Gasteiger partial charge in [0, 0.05) is 36.3 Å². The number of fused-ring (bicyclic) bond motifs is 4. The average molecular weight is 338 g/mol. The number of methoxy groups -OCH3 is 1. The molecule has 7 heteroatoms. The highest BCUT2D eigenvalue weighted by atomic mass is 16.6. The lowest BCUT2D eigenvalue weighted by Gasteiger charge is -2.33. The van der Waals surface area contributed by atoms with E-state index < -0.39 is 0 Å². The molecule has 0 spiro atoms. The van der Waals surface area contributed by atoms with Gasteiger partial charge in [-0.25, -0.2) is 9.78 Å². The van der Waals surface area contributed by atoms with Crippen LogP contribution < -0.4 is 15.0 Å². The first kappa shape index (κ1) is 14.7. The van der Waals surface area contributed by atoms with Crippen molar-refractivity contribution >= 4 is 22.8 Å². The summed E-state index contributed by atoms with van der Waals surface area (Å²) in [4.78, 5) is 23.2. The van der Waals surface area contributed by atoms with Crippen LogP contribution in [-0.2, 0) is 11.3 Å². The molecular formula is C18H18N4O3. The molecule has 1 saturated heterocycles. The number of anilines is 1. The third-order valence-corrected chi connectivity index (χ3v) is 5.26. The second-order valence-corrected chi connectivity index (χ2v) is 6.65. The fourth-order valence-electron chi connectivity index (χ4n) is 4.08. The zero-order chi connectivity index (χ0) is 17.0. The van der Waals surface area contributed by atoms with Crippen LogP contribution in [0.25, 0.3) is 11.0 Å². The second-order valence-electron chi connectivity index (χ2n) is 6.65. The Morgan fingerprint density at radius 3 is 3.16 bits per heavy atom. The average Bonchev–Trinajstić information content (AvgIpc) is 3.22. The Bertz CT molecular complexity index is 911. The Morgan fingerprint density at radius 2 is 2.32 bits per heavy atom. The third-order valence-electron chi connectivity index (χ3n) is 5.26. The molecule has 0 aromatic carbocycles. The maximum absolute atomic E-state index is 12.6. The van der Waals surface area contributed by atoms with E-state index in [-0.39, 0.29) is 18.7 Å². The van der Waals surface area contributed by atoms with Gasteiger partial charge in [0.05, 0.1) is 18.8 Å². The van der Waals surface area contributed by atoms with Crippen LogP contribution >= 0.6 is 0 Å². The van der Waals surface area contributed by atoms with Crippen molar-refractivity contribution in [2.24, 2.45) is 5.92 Å². The van der Waals surface area contributed by atoms with Gasteiger partial charge < -0.3 is 14.8 Å². The van der Waals surface area contributed by atoms with Gasteiger partial charge in [0.2, 0.25) is 5.88 Å². The Balaban J connectivity index is 1.65. The van der Waals surface area contributed by atoms with Gasteiger partial charge in [0.1, 0.15) is 6.61 Å². The zero-order valence-electron chi connectivity index (χ0n) is 13.9. The van der Waals surface area contributed by atoms with Gasteiger partial charge in [0.15, 0.2) is 5.65 Å². The monoisotopic (exact) mass is 338 g/mol. The largest absolute Gasteiger partial charge is 0.481 e. The highest BCUT2D eigenvalue weighted by Gasteiger charge is 2.39. The molecule has 25 heavy (non-hydrogen) atoms. The summed E-state index contributed by atoms with van der Waals surface area (Å²) in [5, 5.41) is 4.23. The summed E-state index contributed by atoms with van der Waals surface area (Å²) in [6, 6.07) is 3.73. The molecule has 2 atom stereocenters. The molecule has 2 unspecified atom stereocenters. The summed E-state index contributed by atoms with van der Waals surface area (Å²) in [7, 11) is 1.58. The highest BCUT2D eigenvalue weighted by molar-refractivity contribution is 6.02. The topological polar surface area (TPSA) is 76.6 Å². The number of nitrogens with zero attached hydrogens (tertiary/aromatic N) is 3. The van der Waals surface area contributed by atoms with Crippen molar-refractivity contribution < 1.29 is 14.3 Å². The molecule has 0 bridgehead atoms. The van der Waals surface area contributed by atoms with Crippen LogP contribution in [0, 0.1) is 5.92 Å². The summed E-state index contributed by atoms with van der Waals surface area (Å²) in [5.74, 6) is 1.02. The molecule has 7 nitrogen and oxygen atoms in total. The van der Waals surface area contributed by atoms with Crippen molar-refractivity contribution in [1.29, 1.82) is 0 Å². The van der Waals surface area contributed by atoms with Gasteiger partial charge in [-0.05, 0) is 18.4 Å². The smallest absolute Gasteiger partial charge is 0.415 e. The standard InChI is InChI=1S/C18H18N4O3/c1-24-15-3-2-14-16-12(8-20-17(14)21-15)9-25-18(23)22(16)13-4-10-6-19-7-11(10)5-13/h2-4,8,11,13,19H,5-7,9H2,1H3. The van der Waals surface area contributed by atoms with Crippen molar-refractivity contribution in [2.75, 3.05) is 25.1 Å². The molecule has 0 saturated carbocycles. The van der Waals surface area contributed by atoms with E-state index in [1.54, 1.807) is 24.3 Å². The molecule has 0 radical (unpaired) electrons. The van der Waals surface area contributed by atoms with Gasteiger partial charge >= 0.3 is 6.09 Å². The first-order valence-electron chi connectivity index (χ1n) is 8.44. The van der Waals surface area contributed by atoms with E-state index in [1.165, 1.54) is 5.57 Å². The minimum absolute atomic E-state index is 0.0151. The predicted molar refractivity (Wildman–Crippen MR) is 91.6 cm³/mol. The first-order valence-corrected chi connectivity index (χ1v) is 8.44. The molecule has 2 aromatic heterocycles. The summed E-state index contributed by atoms with van der Waals surface area (Å²) in [5.41, 5.74) is 3.74. The van der Waals surface area contributed by atoms with Crippen molar-refractivity contribution in [3.63, 3.8) is 0 Å². The molecule has 2 aromatic rings. The Kier molecular flexibility index (Phi) is 3.18. The molecular weight excluding hydrogens is 320 g/mol. The zero-order valence-corrected chi connectivity index (χ0v) is 13.9. The molecule has 1 N–H and O–H groups in total. The quantitative estimate of drug-likeness (QED) is 0.844. The van der Waals surface area contributed by atoms with Crippen LogP contribution in [0.2, 0.25) is 0 Å². The van der Waals surface area contributed by atoms with E-state index in [0.29, 0.717) is 17.4 Å². The van der Waals surface area contributed by atoms with Crippen molar-refractivity contribution in [2.45, 2.75) is 19.1 Å². The minimum atomic E-state index is -0.300. The SMILES string of the molecule is COc1ccc2c3c(cnc2n1)COC(=O)N3C1C=C2CNCC2C1. The lowest BCUT2D eigenvalue weighted by molar-refractivity contribution is 0.140. The second kappa shape index (κ2) is 5.42. The summed E-state index contributed by atoms with van der Waals surface area (Å²) in [6.45, 7) is 2.13. The number of nitrogens with one attached hydrogen (secondary N) is 1. The Hall–Kier alpha value is -2.67. The third kappa shape index (κ3) is 2.19. The van der Waals surface area contributed by atoms with Crippen LogP contribution in [0.5, 0.6) is 5.88 Å². The molecule has 1 fully saturated rings. The highest BCUT2D eigenvalue weighted by Crippen LogP contribution is 2.40. The van der Waals surface area contributed by atoms with Gasteiger partial charge in [-0.2, -0.15) is 4.98 Å². The molecule has 1 amide bonds. The summed E-state index contributed by atoms with van der Waals surface area (Å²) >= 11 is 0. The van der Waals surface area contributed by atoms with E-state index >= 15 is 0 Å². The number of amides is 1. The van der Waals surface area contributed by atoms with Gasteiger partial charge in [-0.15, -0.1) is 0 Å². The summed E-state index contributed by atoms with van der Waals surface area (Å²) < 4.78 is 10.6. The van der Waals surface area contributed by atoms with Crippen molar-refractivity contribution in [3.8, 4) is 5.88 Å². The van der Waals surface area contributed by atoms with Gasteiger partial charge in [0.25, 0.3) is 0 Å². The van der Waals surface area contributed by atoms with Crippen LogP contribution in [-0.4, -0.2) is 42.3 Å². The molecule has 4 heterocycles. The van der Waals surface area contributed by atoms with E-state index in [0.717, 1.165) is 36.1 Å². The van der Waals surface area contributed by atoms with E-state index in [1.807, 2.05) is 6.07 Å². The van der Waals surface area contributed by atoms with Gasteiger partial charge in [-0.3, -0.25) is 4.90 Å². The first-order chi connectivity index (χ1) is 12.2. The fourth-order valence-corrected chi connectivity index (χ4v) is 4.08. The normalized spacial score (nSPS) is 24.8. The maximum Gasteiger partial charge on any atom is 0.415 e. The van der Waals surface area contributed by atoms with Gasteiger partial charge in [-0.1, -0.05) is 11.6 Å². The number of ether oxygens (including phenoxy) is 2.